The Kier molecular flexibility index (Phi) is 7.66. The molecule has 0 bridgehead atoms. The molecule has 3 aromatic rings. The summed E-state index contributed by atoms with van der Waals surface area (Å²) in [5.41, 5.74) is 1.80. The number of benzene rings is 2. The zero-order chi connectivity index (χ0) is 20.5. The van der Waals surface area contributed by atoms with Gasteiger partial charge in [-0.2, -0.15) is 0 Å². The minimum absolute atomic E-state index is 0.134. The first kappa shape index (κ1) is 20.9. The lowest BCUT2D eigenvalue weighted by Crippen LogP contribution is -2.16. The lowest BCUT2D eigenvalue weighted by atomic mass is 10.1. The molecule has 0 aliphatic heterocycles. The Morgan fingerprint density at radius 2 is 1.83 bits per heavy atom. The molecule has 0 spiro atoms. The predicted octanol–water partition coefficient (Wildman–Crippen LogP) is 3.25. The molecule has 1 amide bonds. The molecular weight excluding hydrogens is 388 g/mol. The average Bonchev–Trinajstić information content (AvgIpc) is 3.13. The number of hydrogen-bond donors (Lipinski definition) is 1. The fourth-order valence-electron chi connectivity index (χ4n) is 2.81. The van der Waals surface area contributed by atoms with E-state index >= 15 is 0 Å². The molecule has 7 nitrogen and oxygen atoms in total. The maximum absolute atomic E-state index is 12.4. The van der Waals surface area contributed by atoms with Crippen molar-refractivity contribution in [2.45, 2.75) is 18.1 Å². The molecule has 2 aromatic carbocycles. The van der Waals surface area contributed by atoms with E-state index in [4.69, 9.17) is 9.47 Å². The van der Waals surface area contributed by atoms with Crippen molar-refractivity contribution in [3.63, 3.8) is 0 Å². The third kappa shape index (κ3) is 5.82. The minimum atomic E-state index is -0.134. The third-order valence-electron chi connectivity index (χ3n) is 4.23. The Labute approximate surface area is 174 Å². The number of aromatic nitrogens is 3. The zero-order valence-corrected chi connectivity index (χ0v) is 17.3. The SMILES string of the molecule is COCCn1c(Cc2ccccc2)nnc1SCC(=O)Nc1ccccc1OC. The van der Waals surface area contributed by atoms with E-state index in [2.05, 4.69) is 27.6 Å². The van der Waals surface area contributed by atoms with Gasteiger partial charge in [-0.1, -0.05) is 54.2 Å². The van der Waals surface area contributed by atoms with Gasteiger partial charge >= 0.3 is 0 Å². The van der Waals surface area contributed by atoms with E-state index in [1.165, 1.54) is 11.8 Å². The summed E-state index contributed by atoms with van der Waals surface area (Å²) in [4.78, 5) is 12.4. The molecule has 0 saturated carbocycles. The van der Waals surface area contributed by atoms with Crippen LogP contribution >= 0.6 is 11.8 Å². The van der Waals surface area contributed by atoms with Gasteiger partial charge in [0.15, 0.2) is 5.16 Å². The Morgan fingerprint density at radius 1 is 1.07 bits per heavy atom. The van der Waals surface area contributed by atoms with Crippen LogP contribution in [0.25, 0.3) is 0 Å². The van der Waals surface area contributed by atoms with Gasteiger partial charge in [0.05, 0.1) is 25.2 Å². The van der Waals surface area contributed by atoms with Crippen LogP contribution in [0.1, 0.15) is 11.4 Å². The first-order chi connectivity index (χ1) is 14.2. The molecule has 8 heteroatoms. The number of ether oxygens (including phenoxy) is 2. The molecule has 1 N–H and O–H groups in total. The minimum Gasteiger partial charge on any atom is -0.495 e. The molecule has 152 valence electrons. The van der Waals surface area contributed by atoms with E-state index in [0.717, 1.165) is 11.4 Å². The van der Waals surface area contributed by atoms with E-state index in [0.29, 0.717) is 36.2 Å². The molecule has 0 radical (unpaired) electrons. The van der Waals surface area contributed by atoms with Crippen molar-refractivity contribution in [1.29, 1.82) is 0 Å². The number of carbonyl (C=O) groups excluding carboxylic acids is 1. The van der Waals surface area contributed by atoms with Gasteiger partial charge in [-0.25, -0.2) is 0 Å². The van der Waals surface area contributed by atoms with Crippen molar-refractivity contribution in [2.75, 3.05) is 31.9 Å². The van der Waals surface area contributed by atoms with Gasteiger partial charge < -0.3 is 19.4 Å². The van der Waals surface area contributed by atoms with Crippen molar-refractivity contribution >= 4 is 23.4 Å². The van der Waals surface area contributed by atoms with Gasteiger partial charge in [0.2, 0.25) is 5.91 Å². The molecular formula is C21H24N4O3S. The number of hydrogen-bond acceptors (Lipinski definition) is 6. The molecule has 0 aliphatic carbocycles. The van der Waals surface area contributed by atoms with Crippen molar-refractivity contribution < 1.29 is 14.3 Å². The molecule has 1 heterocycles. The van der Waals surface area contributed by atoms with Gasteiger partial charge in [-0.15, -0.1) is 10.2 Å². The number of nitrogens with one attached hydrogen (secondary N) is 1. The summed E-state index contributed by atoms with van der Waals surface area (Å²) in [6, 6.07) is 17.4. The standard InChI is InChI=1S/C21H24N4O3S/c1-27-13-12-25-19(14-16-8-4-3-5-9-16)23-24-21(25)29-15-20(26)22-17-10-6-7-11-18(17)28-2/h3-11H,12-15H2,1-2H3,(H,22,26). The first-order valence-electron chi connectivity index (χ1n) is 9.22. The third-order valence-corrected chi connectivity index (χ3v) is 5.20. The Bertz CT molecular complexity index is 931. The van der Waals surface area contributed by atoms with Crippen LogP contribution in [-0.4, -0.2) is 47.3 Å². The monoisotopic (exact) mass is 412 g/mol. The second-order valence-electron chi connectivity index (χ2n) is 6.24. The number of nitrogens with zero attached hydrogens (tertiary/aromatic N) is 3. The van der Waals surface area contributed by atoms with Gasteiger partial charge in [0, 0.05) is 20.1 Å². The zero-order valence-electron chi connectivity index (χ0n) is 16.5. The summed E-state index contributed by atoms with van der Waals surface area (Å²) in [5.74, 6) is 1.56. The van der Waals surface area contributed by atoms with Crippen LogP contribution in [-0.2, 0) is 22.5 Å². The topological polar surface area (TPSA) is 78.3 Å². The van der Waals surface area contributed by atoms with Crippen molar-refractivity contribution in [1.82, 2.24) is 14.8 Å². The van der Waals surface area contributed by atoms with Crippen molar-refractivity contribution in [3.05, 3.63) is 66.0 Å². The van der Waals surface area contributed by atoms with Crippen molar-refractivity contribution in [3.8, 4) is 5.75 Å². The summed E-state index contributed by atoms with van der Waals surface area (Å²) in [7, 11) is 3.24. The van der Waals surface area contributed by atoms with E-state index in [-0.39, 0.29) is 11.7 Å². The summed E-state index contributed by atoms with van der Waals surface area (Å²) in [6.45, 7) is 1.17. The summed E-state index contributed by atoms with van der Waals surface area (Å²) < 4.78 is 12.5. The quantitative estimate of drug-likeness (QED) is 0.515. The highest BCUT2D eigenvalue weighted by Gasteiger charge is 2.15. The number of amides is 1. The number of rotatable bonds is 10. The van der Waals surface area contributed by atoms with Gasteiger partial charge in [0.1, 0.15) is 11.6 Å². The van der Waals surface area contributed by atoms with Crippen LogP contribution in [0, 0.1) is 0 Å². The van der Waals surface area contributed by atoms with Crippen LogP contribution in [0.15, 0.2) is 59.8 Å². The first-order valence-corrected chi connectivity index (χ1v) is 10.2. The lowest BCUT2D eigenvalue weighted by molar-refractivity contribution is -0.113. The highest BCUT2D eigenvalue weighted by Crippen LogP contribution is 2.24. The molecule has 0 saturated heterocycles. The maximum Gasteiger partial charge on any atom is 0.234 e. The normalized spacial score (nSPS) is 10.7. The van der Waals surface area contributed by atoms with E-state index in [1.54, 1.807) is 26.4 Å². The summed E-state index contributed by atoms with van der Waals surface area (Å²) in [6.07, 6.45) is 0.672. The van der Waals surface area contributed by atoms with Crippen LogP contribution < -0.4 is 10.1 Å². The Hall–Kier alpha value is -2.84. The Balaban J connectivity index is 1.67. The van der Waals surface area contributed by atoms with Crippen LogP contribution in [0.4, 0.5) is 5.69 Å². The summed E-state index contributed by atoms with van der Waals surface area (Å²) >= 11 is 1.35. The lowest BCUT2D eigenvalue weighted by Gasteiger charge is -2.11. The molecule has 1 aromatic heterocycles. The predicted molar refractivity (Wildman–Crippen MR) is 113 cm³/mol. The van der Waals surface area contributed by atoms with E-state index in [9.17, 15) is 4.79 Å². The van der Waals surface area contributed by atoms with E-state index < -0.39 is 0 Å². The molecule has 3 rings (SSSR count). The fraction of sp³-hybridized carbons (Fsp3) is 0.286. The second kappa shape index (κ2) is 10.6. The number of carbonyl (C=O) groups is 1. The van der Waals surface area contributed by atoms with Gasteiger partial charge in [-0.3, -0.25) is 4.79 Å². The van der Waals surface area contributed by atoms with E-state index in [1.807, 2.05) is 34.9 Å². The number of methoxy groups -OCH3 is 2. The Morgan fingerprint density at radius 3 is 2.59 bits per heavy atom. The maximum atomic E-state index is 12.4. The van der Waals surface area contributed by atoms with Crippen molar-refractivity contribution in [2.24, 2.45) is 0 Å². The number of anilines is 1. The van der Waals surface area contributed by atoms with Crippen LogP contribution in [0.5, 0.6) is 5.75 Å². The smallest absolute Gasteiger partial charge is 0.234 e. The number of para-hydroxylation sites is 2. The average molecular weight is 413 g/mol. The largest absolute Gasteiger partial charge is 0.495 e. The fourth-order valence-corrected chi connectivity index (χ4v) is 3.59. The molecule has 0 unspecified atom stereocenters. The molecule has 0 fully saturated rings. The van der Waals surface area contributed by atoms with Gasteiger partial charge in [-0.05, 0) is 17.7 Å². The van der Waals surface area contributed by atoms with Crippen LogP contribution in [0.3, 0.4) is 0 Å². The highest BCUT2D eigenvalue weighted by atomic mass is 32.2. The molecule has 29 heavy (non-hydrogen) atoms. The van der Waals surface area contributed by atoms with Crippen LogP contribution in [0.2, 0.25) is 0 Å². The highest BCUT2D eigenvalue weighted by molar-refractivity contribution is 7.99. The molecule has 0 atom stereocenters. The number of thioether (sulfide) groups is 1. The van der Waals surface area contributed by atoms with Gasteiger partial charge in [0.25, 0.3) is 0 Å². The molecule has 0 aliphatic rings. The summed E-state index contributed by atoms with van der Waals surface area (Å²) in [5, 5.41) is 12.2. The second-order valence-corrected chi connectivity index (χ2v) is 7.19.